The van der Waals surface area contributed by atoms with E-state index in [2.05, 4.69) is 36.6 Å². The Kier molecular flexibility index (Phi) is 7.57. The SMILES string of the molecule is CC[C@@H](C)c1ccc(NC(=S)NC(=O)c2ccc(OCc3ccccc3)cc2)cc1. The fraction of sp³-hybridized carbons (Fsp3) is 0.200. The lowest BCUT2D eigenvalue weighted by Crippen LogP contribution is -2.34. The zero-order valence-corrected chi connectivity index (χ0v) is 18.0. The first-order valence-electron chi connectivity index (χ1n) is 10.0. The monoisotopic (exact) mass is 418 g/mol. The predicted molar refractivity (Wildman–Crippen MR) is 126 cm³/mol. The van der Waals surface area contributed by atoms with Crippen LogP contribution >= 0.6 is 12.2 Å². The normalized spacial score (nSPS) is 11.4. The Morgan fingerprint density at radius 3 is 2.27 bits per heavy atom. The van der Waals surface area contributed by atoms with Gasteiger partial charge in [0.15, 0.2) is 5.11 Å². The minimum absolute atomic E-state index is 0.265. The van der Waals surface area contributed by atoms with Gasteiger partial charge in [-0.2, -0.15) is 0 Å². The number of thiocarbonyl (C=S) groups is 1. The summed E-state index contributed by atoms with van der Waals surface area (Å²) in [5, 5.41) is 6.03. The van der Waals surface area contributed by atoms with Crippen molar-refractivity contribution in [2.24, 2.45) is 0 Å². The molecule has 0 saturated heterocycles. The summed E-state index contributed by atoms with van der Waals surface area (Å²) in [6, 6.07) is 25.0. The van der Waals surface area contributed by atoms with Crippen LogP contribution in [0.2, 0.25) is 0 Å². The van der Waals surface area contributed by atoms with Crippen LogP contribution in [0.4, 0.5) is 5.69 Å². The lowest BCUT2D eigenvalue weighted by molar-refractivity contribution is 0.0977. The molecule has 0 saturated carbocycles. The molecule has 0 spiro atoms. The van der Waals surface area contributed by atoms with Crippen molar-refractivity contribution in [1.82, 2.24) is 5.32 Å². The zero-order chi connectivity index (χ0) is 21.3. The standard InChI is InChI=1S/C25H26N2O2S/c1-3-18(2)20-9-13-22(14-10-20)26-25(30)27-24(28)21-11-15-23(16-12-21)29-17-19-7-5-4-6-8-19/h4-16,18H,3,17H2,1-2H3,(H2,26,27,28,30)/t18-/m1/s1. The molecule has 0 aliphatic carbocycles. The molecule has 0 bridgehead atoms. The van der Waals surface area contributed by atoms with Gasteiger partial charge in [0.2, 0.25) is 0 Å². The van der Waals surface area contributed by atoms with Gasteiger partial charge in [0.1, 0.15) is 12.4 Å². The minimum Gasteiger partial charge on any atom is -0.489 e. The molecule has 0 heterocycles. The molecule has 30 heavy (non-hydrogen) atoms. The predicted octanol–water partition coefficient (Wildman–Crippen LogP) is 5.91. The number of amides is 1. The van der Waals surface area contributed by atoms with Crippen LogP contribution in [-0.4, -0.2) is 11.0 Å². The summed E-state index contributed by atoms with van der Waals surface area (Å²) in [4.78, 5) is 12.4. The van der Waals surface area contributed by atoms with Gasteiger partial charge in [-0.05, 0) is 72.1 Å². The molecule has 0 aliphatic heterocycles. The molecule has 0 unspecified atom stereocenters. The second-order valence-electron chi connectivity index (χ2n) is 7.14. The van der Waals surface area contributed by atoms with E-state index in [9.17, 15) is 4.79 Å². The summed E-state index contributed by atoms with van der Waals surface area (Å²) in [5.74, 6) is 0.959. The lowest BCUT2D eigenvalue weighted by Gasteiger charge is -2.12. The largest absolute Gasteiger partial charge is 0.489 e. The average molecular weight is 419 g/mol. The maximum atomic E-state index is 12.4. The van der Waals surface area contributed by atoms with Gasteiger partial charge in [0, 0.05) is 11.3 Å². The van der Waals surface area contributed by atoms with Gasteiger partial charge in [0.25, 0.3) is 5.91 Å². The van der Waals surface area contributed by atoms with Gasteiger partial charge >= 0.3 is 0 Å². The van der Waals surface area contributed by atoms with Crippen molar-refractivity contribution >= 4 is 28.9 Å². The highest BCUT2D eigenvalue weighted by molar-refractivity contribution is 7.80. The van der Waals surface area contributed by atoms with Crippen LogP contribution in [0.3, 0.4) is 0 Å². The zero-order valence-electron chi connectivity index (χ0n) is 17.2. The molecular formula is C25H26N2O2S. The van der Waals surface area contributed by atoms with Crippen molar-refractivity contribution in [3.8, 4) is 5.75 Å². The number of carbonyl (C=O) groups is 1. The average Bonchev–Trinajstić information content (AvgIpc) is 2.78. The van der Waals surface area contributed by atoms with Crippen LogP contribution in [-0.2, 0) is 6.61 Å². The summed E-state index contributed by atoms with van der Waals surface area (Å²) >= 11 is 5.27. The highest BCUT2D eigenvalue weighted by atomic mass is 32.1. The van der Waals surface area contributed by atoms with Crippen LogP contribution in [0.1, 0.15) is 47.7 Å². The number of anilines is 1. The van der Waals surface area contributed by atoms with E-state index in [1.807, 2.05) is 42.5 Å². The molecule has 4 nitrogen and oxygen atoms in total. The maximum Gasteiger partial charge on any atom is 0.257 e. The molecule has 3 aromatic rings. The van der Waals surface area contributed by atoms with Crippen LogP contribution in [0.25, 0.3) is 0 Å². The molecule has 0 fully saturated rings. The van der Waals surface area contributed by atoms with Gasteiger partial charge in [-0.25, -0.2) is 0 Å². The first-order valence-corrected chi connectivity index (χ1v) is 10.4. The topological polar surface area (TPSA) is 50.4 Å². The van der Waals surface area contributed by atoms with Crippen LogP contribution in [0.5, 0.6) is 5.75 Å². The molecule has 1 atom stereocenters. The van der Waals surface area contributed by atoms with Crippen molar-refractivity contribution in [2.75, 3.05) is 5.32 Å². The molecule has 0 radical (unpaired) electrons. The van der Waals surface area contributed by atoms with Gasteiger partial charge in [0.05, 0.1) is 0 Å². The second-order valence-corrected chi connectivity index (χ2v) is 7.55. The van der Waals surface area contributed by atoms with E-state index in [1.54, 1.807) is 24.3 Å². The number of hydrogen-bond acceptors (Lipinski definition) is 3. The third-order valence-corrected chi connectivity index (χ3v) is 5.15. The lowest BCUT2D eigenvalue weighted by atomic mass is 9.99. The summed E-state index contributed by atoms with van der Waals surface area (Å²) < 4.78 is 5.75. The summed E-state index contributed by atoms with van der Waals surface area (Å²) in [5.41, 5.74) is 3.73. The van der Waals surface area contributed by atoms with Crippen LogP contribution in [0, 0.1) is 0 Å². The fourth-order valence-electron chi connectivity index (χ4n) is 2.91. The fourth-order valence-corrected chi connectivity index (χ4v) is 3.12. The summed E-state index contributed by atoms with van der Waals surface area (Å²) in [7, 11) is 0. The Morgan fingerprint density at radius 1 is 0.967 bits per heavy atom. The van der Waals surface area contributed by atoms with Crippen molar-refractivity contribution in [1.29, 1.82) is 0 Å². The van der Waals surface area contributed by atoms with E-state index in [0.29, 0.717) is 23.8 Å². The number of hydrogen-bond donors (Lipinski definition) is 2. The van der Waals surface area contributed by atoms with E-state index in [4.69, 9.17) is 17.0 Å². The molecule has 2 N–H and O–H groups in total. The van der Waals surface area contributed by atoms with Gasteiger partial charge < -0.3 is 10.1 Å². The van der Waals surface area contributed by atoms with Crippen LogP contribution < -0.4 is 15.4 Å². The van der Waals surface area contributed by atoms with Crippen molar-refractivity contribution in [2.45, 2.75) is 32.8 Å². The number of nitrogens with one attached hydrogen (secondary N) is 2. The quantitative estimate of drug-likeness (QED) is 0.469. The first-order chi connectivity index (χ1) is 14.5. The Morgan fingerprint density at radius 2 is 1.63 bits per heavy atom. The second kappa shape index (κ2) is 10.6. The van der Waals surface area contributed by atoms with Crippen molar-refractivity contribution in [3.63, 3.8) is 0 Å². The van der Waals surface area contributed by atoms with E-state index < -0.39 is 0 Å². The Hall–Kier alpha value is -3.18. The van der Waals surface area contributed by atoms with Gasteiger partial charge in [-0.1, -0.05) is 56.3 Å². The Bertz CT molecular complexity index is 970. The number of benzene rings is 3. The maximum absolute atomic E-state index is 12.4. The molecule has 3 aromatic carbocycles. The number of rotatable bonds is 7. The number of ether oxygens (including phenoxy) is 1. The summed E-state index contributed by atoms with van der Waals surface area (Å²) in [6.07, 6.45) is 1.09. The molecule has 3 rings (SSSR count). The van der Waals surface area contributed by atoms with E-state index in [1.165, 1.54) is 5.56 Å². The molecule has 0 aromatic heterocycles. The van der Waals surface area contributed by atoms with Gasteiger partial charge in [-0.3, -0.25) is 10.1 Å². The highest BCUT2D eigenvalue weighted by Gasteiger charge is 2.09. The van der Waals surface area contributed by atoms with Crippen molar-refractivity contribution in [3.05, 3.63) is 95.6 Å². The molecule has 0 aliphatic rings. The van der Waals surface area contributed by atoms with Gasteiger partial charge in [-0.15, -0.1) is 0 Å². The van der Waals surface area contributed by atoms with Crippen LogP contribution in [0.15, 0.2) is 78.9 Å². The smallest absolute Gasteiger partial charge is 0.257 e. The highest BCUT2D eigenvalue weighted by Crippen LogP contribution is 2.20. The van der Waals surface area contributed by atoms with E-state index in [-0.39, 0.29) is 11.0 Å². The first kappa shape index (κ1) is 21.5. The summed E-state index contributed by atoms with van der Waals surface area (Å²) in [6.45, 7) is 4.85. The van der Waals surface area contributed by atoms with E-state index in [0.717, 1.165) is 17.7 Å². The van der Waals surface area contributed by atoms with E-state index >= 15 is 0 Å². The molecule has 1 amide bonds. The number of carbonyl (C=O) groups excluding carboxylic acids is 1. The minimum atomic E-state index is -0.265. The Labute approximate surface area is 183 Å². The third kappa shape index (κ3) is 6.16. The molecular weight excluding hydrogens is 392 g/mol. The third-order valence-electron chi connectivity index (χ3n) is 4.94. The Balaban J connectivity index is 1.50. The molecule has 154 valence electrons. The molecule has 5 heteroatoms. The van der Waals surface area contributed by atoms with Crippen molar-refractivity contribution < 1.29 is 9.53 Å².